The quantitative estimate of drug-likeness (QED) is 0.843. The van der Waals surface area contributed by atoms with Crippen LogP contribution in [0.15, 0.2) is 24.3 Å². The molecule has 5 nitrogen and oxygen atoms in total. The number of carbonyl (C=O) groups excluding carboxylic acids is 2. The van der Waals surface area contributed by atoms with Gasteiger partial charge in [0.25, 0.3) is 5.91 Å². The lowest BCUT2D eigenvalue weighted by atomic mass is 10.0. The number of rotatable bonds is 6. The summed E-state index contributed by atoms with van der Waals surface area (Å²) in [5.74, 6) is 0.310. The minimum atomic E-state index is 0.0726. The second-order valence-electron chi connectivity index (χ2n) is 6.82. The molecule has 2 aliphatic rings. The molecule has 1 aromatic carbocycles. The van der Waals surface area contributed by atoms with Gasteiger partial charge in [0.2, 0.25) is 5.91 Å². The number of anilines is 1. The van der Waals surface area contributed by atoms with Gasteiger partial charge in [-0.05, 0) is 63.4 Å². The first-order chi connectivity index (χ1) is 11.7. The van der Waals surface area contributed by atoms with E-state index in [0.29, 0.717) is 11.6 Å². The number of amides is 2. The summed E-state index contributed by atoms with van der Waals surface area (Å²) < 4.78 is 0. The molecule has 0 radical (unpaired) electrons. The Morgan fingerprint density at radius 2 is 1.96 bits per heavy atom. The molecule has 3 rings (SSSR count). The average molecular weight is 329 g/mol. The summed E-state index contributed by atoms with van der Waals surface area (Å²) in [6, 6.07) is 7.67. The Morgan fingerprint density at radius 3 is 2.62 bits per heavy atom. The molecule has 0 atom stereocenters. The van der Waals surface area contributed by atoms with Crippen molar-refractivity contribution in [3.8, 4) is 0 Å². The maximum Gasteiger partial charge on any atom is 0.254 e. The molecule has 1 aromatic rings. The van der Waals surface area contributed by atoms with Crippen LogP contribution in [-0.2, 0) is 4.79 Å². The number of hydrogen-bond donors (Lipinski definition) is 2. The van der Waals surface area contributed by atoms with E-state index in [2.05, 4.69) is 17.6 Å². The zero-order chi connectivity index (χ0) is 16.9. The van der Waals surface area contributed by atoms with Crippen molar-refractivity contribution in [3.63, 3.8) is 0 Å². The van der Waals surface area contributed by atoms with Crippen molar-refractivity contribution in [3.05, 3.63) is 29.8 Å². The first kappa shape index (κ1) is 17.0. The fourth-order valence-electron chi connectivity index (χ4n) is 3.29. The molecule has 0 aromatic heterocycles. The van der Waals surface area contributed by atoms with Crippen LogP contribution in [0.3, 0.4) is 0 Å². The summed E-state index contributed by atoms with van der Waals surface area (Å²) in [5.41, 5.74) is 1.38. The van der Waals surface area contributed by atoms with Crippen LogP contribution in [-0.4, -0.2) is 42.4 Å². The molecular formula is C19H27N3O2. The normalized spacial score (nSPS) is 18.2. The molecule has 1 saturated heterocycles. The van der Waals surface area contributed by atoms with Crippen molar-refractivity contribution in [2.45, 2.75) is 45.1 Å². The highest BCUT2D eigenvalue weighted by atomic mass is 16.2. The van der Waals surface area contributed by atoms with Crippen LogP contribution in [0.25, 0.3) is 0 Å². The third-order valence-electron chi connectivity index (χ3n) is 4.80. The molecule has 1 heterocycles. The smallest absolute Gasteiger partial charge is 0.254 e. The van der Waals surface area contributed by atoms with E-state index in [1.807, 2.05) is 29.2 Å². The second-order valence-corrected chi connectivity index (χ2v) is 6.82. The van der Waals surface area contributed by atoms with Gasteiger partial charge in [0.05, 0.1) is 0 Å². The second kappa shape index (κ2) is 7.79. The Kier molecular flexibility index (Phi) is 5.51. The van der Waals surface area contributed by atoms with Crippen LogP contribution in [0, 0.1) is 5.92 Å². The van der Waals surface area contributed by atoms with Crippen LogP contribution in [0.2, 0.25) is 0 Å². The van der Waals surface area contributed by atoms with E-state index in [1.54, 1.807) is 0 Å². The molecule has 24 heavy (non-hydrogen) atoms. The topological polar surface area (TPSA) is 61.4 Å². The highest BCUT2D eigenvalue weighted by Gasteiger charge is 2.30. The highest BCUT2D eigenvalue weighted by Crippen LogP contribution is 2.30. The first-order valence-electron chi connectivity index (χ1n) is 9.11. The minimum Gasteiger partial charge on any atom is -0.336 e. The summed E-state index contributed by atoms with van der Waals surface area (Å²) in [6.07, 6.45) is 4.91. The molecule has 0 spiro atoms. The van der Waals surface area contributed by atoms with Crippen LogP contribution < -0.4 is 10.6 Å². The van der Waals surface area contributed by atoms with Gasteiger partial charge in [-0.2, -0.15) is 0 Å². The summed E-state index contributed by atoms with van der Waals surface area (Å²) >= 11 is 0. The molecule has 2 amide bonds. The Labute approximate surface area is 143 Å². The molecule has 2 fully saturated rings. The molecule has 0 unspecified atom stereocenters. The van der Waals surface area contributed by atoms with Gasteiger partial charge in [-0.1, -0.05) is 13.0 Å². The summed E-state index contributed by atoms with van der Waals surface area (Å²) in [4.78, 5) is 27.0. The van der Waals surface area contributed by atoms with Crippen molar-refractivity contribution in [2.24, 2.45) is 5.92 Å². The fraction of sp³-hybridized carbons (Fsp3) is 0.579. The SMILES string of the molecule is CCCN(C(=O)c1cccc(NC(=O)C2CC2)c1)C1CCNCC1. The van der Waals surface area contributed by atoms with Gasteiger partial charge in [-0.3, -0.25) is 9.59 Å². The van der Waals surface area contributed by atoms with E-state index in [1.165, 1.54) is 0 Å². The molecule has 1 saturated carbocycles. The average Bonchev–Trinajstić information content (AvgIpc) is 3.45. The van der Waals surface area contributed by atoms with Crippen LogP contribution in [0.1, 0.15) is 49.4 Å². The highest BCUT2D eigenvalue weighted by molar-refractivity contribution is 5.98. The predicted octanol–water partition coefficient (Wildman–Crippen LogP) is 2.64. The summed E-state index contributed by atoms with van der Waals surface area (Å²) in [7, 11) is 0. The van der Waals surface area contributed by atoms with E-state index < -0.39 is 0 Å². The number of hydrogen-bond acceptors (Lipinski definition) is 3. The van der Waals surface area contributed by atoms with Crippen molar-refractivity contribution in [2.75, 3.05) is 25.0 Å². The van der Waals surface area contributed by atoms with Gasteiger partial charge in [-0.15, -0.1) is 0 Å². The molecule has 2 N–H and O–H groups in total. The number of piperidine rings is 1. The van der Waals surface area contributed by atoms with Gasteiger partial charge in [0.1, 0.15) is 0 Å². The monoisotopic (exact) mass is 329 g/mol. The van der Waals surface area contributed by atoms with Crippen LogP contribution in [0.5, 0.6) is 0 Å². The Hall–Kier alpha value is -1.88. The predicted molar refractivity (Wildman–Crippen MR) is 95.0 cm³/mol. The Morgan fingerprint density at radius 1 is 1.21 bits per heavy atom. The van der Waals surface area contributed by atoms with E-state index in [9.17, 15) is 9.59 Å². The lowest BCUT2D eigenvalue weighted by Gasteiger charge is -2.34. The van der Waals surface area contributed by atoms with Crippen molar-refractivity contribution < 1.29 is 9.59 Å². The molecule has 1 aliphatic heterocycles. The van der Waals surface area contributed by atoms with Gasteiger partial charge < -0.3 is 15.5 Å². The Bertz CT molecular complexity index is 592. The van der Waals surface area contributed by atoms with Crippen molar-refractivity contribution >= 4 is 17.5 Å². The van der Waals surface area contributed by atoms with Crippen LogP contribution in [0.4, 0.5) is 5.69 Å². The Balaban J connectivity index is 1.72. The van der Waals surface area contributed by atoms with E-state index in [4.69, 9.17) is 0 Å². The first-order valence-corrected chi connectivity index (χ1v) is 9.11. The largest absolute Gasteiger partial charge is 0.336 e. The zero-order valence-electron chi connectivity index (χ0n) is 14.4. The maximum atomic E-state index is 13.0. The van der Waals surface area contributed by atoms with Crippen LogP contribution >= 0.6 is 0 Å². The molecular weight excluding hydrogens is 302 g/mol. The fourth-order valence-corrected chi connectivity index (χ4v) is 3.29. The van der Waals surface area contributed by atoms with E-state index in [0.717, 1.165) is 57.4 Å². The van der Waals surface area contributed by atoms with Gasteiger partial charge in [-0.25, -0.2) is 0 Å². The number of carbonyl (C=O) groups is 2. The van der Waals surface area contributed by atoms with Gasteiger partial charge >= 0.3 is 0 Å². The number of benzene rings is 1. The van der Waals surface area contributed by atoms with Crippen molar-refractivity contribution in [1.29, 1.82) is 0 Å². The molecule has 0 bridgehead atoms. The molecule has 130 valence electrons. The van der Waals surface area contributed by atoms with Gasteiger partial charge in [0.15, 0.2) is 0 Å². The van der Waals surface area contributed by atoms with Gasteiger partial charge in [0, 0.05) is 29.8 Å². The number of nitrogens with zero attached hydrogens (tertiary/aromatic N) is 1. The summed E-state index contributed by atoms with van der Waals surface area (Å²) in [6.45, 7) is 4.82. The standard InChI is InChI=1S/C19H27N3O2/c1-2-12-22(17-8-10-20-11-9-17)19(24)15-4-3-5-16(13-15)21-18(23)14-6-7-14/h3-5,13-14,17,20H,2,6-12H2,1H3,(H,21,23). The number of nitrogens with one attached hydrogen (secondary N) is 2. The summed E-state index contributed by atoms with van der Waals surface area (Å²) in [5, 5.41) is 6.28. The minimum absolute atomic E-state index is 0.0726. The molecule has 5 heteroatoms. The third kappa shape index (κ3) is 4.15. The van der Waals surface area contributed by atoms with E-state index in [-0.39, 0.29) is 17.7 Å². The molecule has 1 aliphatic carbocycles. The van der Waals surface area contributed by atoms with Crippen molar-refractivity contribution in [1.82, 2.24) is 10.2 Å². The van der Waals surface area contributed by atoms with E-state index >= 15 is 0 Å². The lowest BCUT2D eigenvalue weighted by molar-refractivity contribution is -0.117. The third-order valence-corrected chi connectivity index (χ3v) is 4.80. The zero-order valence-corrected chi connectivity index (χ0v) is 14.4. The maximum absolute atomic E-state index is 13.0. The lowest BCUT2D eigenvalue weighted by Crippen LogP contribution is -2.46.